The van der Waals surface area contributed by atoms with E-state index in [-0.39, 0.29) is 11.8 Å². The van der Waals surface area contributed by atoms with Crippen LogP contribution < -0.4 is 4.72 Å². The van der Waals surface area contributed by atoms with Gasteiger partial charge in [0.15, 0.2) is 5.78 Å². The number of aryl methyl sites for hydroxylation is 2. The molecule has 1 aliphatic rings. The van der Waals surface area contributed by atoms with Gasteiger partial charge in [0.25, 0.3) is 0 Å². The fourth-order valence-corrected chi connectivity index (χ4v) is 4.49. The fourth-order valence-electron chi connectivity index (χ4n) is 2.71. The molecule has 21 heavy (non-hydrogen) atoms. The van der Waals surface area contributed by atoms with E-state index in [1.807, 2.05) is 19.9 Å². The largest absolute Gasteiger partial charge is 0.296 e. The van der Waals surface area contributed by atoms with Gasteiger partial charge in [-0.2, -0.15) is 0 Å². The van der Waals surface area contributed by atoms with E-state index in [4.69, 9.17) is 0 Å². The number of piperidine rings is 1. The highest BCUT2D eigenvalue weighted by Crippen LogP contribution is 2.21. The molecule has 0 aromatic carbocycles. The Bertz CT molecular complexity index is 614. The molecule has 5 nitrogen and oxygen atoms in total. The second-order valence-corrected chi connectivity index (χ2v) is 8.93. The second kappa shape index (κ2) is 6.56. The van der Waals surface area contributed by atoms with E-state index in [1.54, 1.807) is 11.3 Å². The number of carbonyl (C=O) groups excluding carboxylic acids is 1. The van der Waals surface area contributed by atoms with Crippen LogP contribution in [0.25, 0.3) is 0 Å². The first-order chi connectivity index (χ1) is 9.74. The Balaban J connectivity index is 1.86. The number of sulfonamides is 1. The third kappa shape index (κ3) is 4.88. The second-order valence-electron chi connectivity index (χ2n) is 5.69. The molecule has 1 N–H and O–H groups in total. The van der Waals surface area contributed by atoms with Crippen LogP contribution in [0.3, 0.4) is 0 Å². The standard InChI is InChI=1S/C14H22N2O3S2/c1-10-8-13(11(2)20-10)14(17)9-16-6-4-12(5-7-16)15-21(3,18)19/h8,12,15H,4-7,9H2,1-3H3. The lowest BCUT2D eigenvalue weighted by Gasteiger charge is -2.31. The molecule has 0 aliphatic carbocycles. The van der Waals surface area contributed by atoms with Crippen molar-refractivity contribution in [2.45, 2.75) is 32.7 Å². The molecular weight excluding hydrogens is 308 g/mol. The lowest BCUT2D eigenvalue weighted by molar-refractivity contribution is 0.0907. The molecule has 7 heteroatoms. The maximum atomic E-state index is 12.3. The highest BCUT2D eigenvalue weighted by molar-refractivity contribution is 7.88. The average molecular weight is 330 g/mol. The lowest BCUT2D eigenvalue weighted by Crippen LogP contribution is -2.45. The summed E-state index contributed by atoms with van der Waals surface area (Å²) in [6.45, 7) is 5.91. The predicted octanol–water partition coefficient (Wildman–Crippen LogP) is 1.56. The zero-order chi connectivity index (χ0) is 15.6. The van der Waals surface area contributed by atoms with Crippen molar-refractivity contribution in [3.8, 4) is 0 Å². The van der Waals surface area contributed by atoms with Crippen LogP contribution in [0, 0.1) is 13.8 Å². The molecule has 0 bridgehead atoms. The third-order valence-corrected chi connectivity index (χ3v) is 5.40. The molecule has 1 aliphatic heterocycles. The van der Waals surface area contributed by atoms with E-state index in [1.165, 1.54) is 6.26 Å². The lowest BCUT2D eigenvalue weighted by atomic mass is 10.0. The van der Waals surface area contributed by atoms with Crippen LogP contribution in [0.2, 0.25) is 0 Å². The van der Waals surface area contributed by atoms with Crippen molar-refractivity contribution in [2.24, 2.45) is 0 Å². The summed E-state index contributed by atoms with van der Waals surface area (Å²) in [5.41, 5.74) is 0.828. The molecule has 2 rings (SSSR count). The topological polar surface area (TPSA) is 66.5 Å². The van der Waals surface area contributed by atoms with Crippen molar-refractivity contribution < 1.29 is 13.2 Å². The smallest absolute Gasteiger partial charge is 0.208 e. The maximum Gasteiger partial charge on any atom is 0.208 e. The van der Waals surface area contributed by atoms with Gasteiger partial charge in [-0.05, 0) is 32.8 Å². The SMILES string of the molecule is Cc1cc(C(=O)CN2CCC(NS(C)(=O)=O)CC2)c(C)s1. The van der Waals surface area contributed by atoms with Gasteiger partial charge in [0.1, 0.15) is 0 Å². The number of rotatable bonds is 5. The molecule has 1 saturated heterocycles. The molecule has 0 radical (unpaired) electrons. The van der Waals surface area contributed by atoms with Gasteiger partial charge in [0, 0.05) is 34.4 Å². The molecule has 1 aromatic heterocycles. The fraction of sp³-hybridized carbons (Fsp3) is 0.643. The van der Waals surface area contributed by atoms with Crippen molar-refractivity contribution in [1.29, 1.82) is 0 Å². The number of Topliss-reactive ketones (excluding diaryl/α,β-unsaturated/α-hetero) is 1. The van der Waals surface area contributed by atoms with Crippen LogP contribution >= 0.6 is 11.3 Å². The number of carbonyl (C=O) groups is 1. The Morgan fingerprint density at radius 2 is 2.00 bits per heavy atom. The van der Waals surface area contributed by atoms with E-state index < -0.39 is 10.0 Å². The molecule has 0 unspecified atom stereocenters. The molecule has 1 aromatic rings. The van der Waals surface area contributed by atoms with Crippen LogP contribution in [0.1, 0.15) is 33.0 Å². The van der Waals surface area contributed by atoms with E-state index in [2.05, 4.69) is 9.62 Å². The van der Waals surface area contributed by atoms with Crippen molar-refractivity contribution in [3.63, 3.8) is 0 Å². The summed E-state index contributed by atoms with van der Waals surface area (Å²) in [6, 6.07) is 1.96. The van der Waals surface area contributed by atoms with Gasteiger partial charge in [-0.25, -0.2) is 13.1 Å². The Morgan fingerprint density at radius 1 is 1.38 bits per heavy atom. The number of thiophene rings is 1. The summed E-state index contributed by atoms with van der Waals surface area (Å²) in [5, 5.41) is 0. The highest BCUT2D eigenvalue weighted by atomic mass is 32.2. The van der Waals surface area contributed by atoms with Gasteiger partial charge < -0.3 is 0 Å². The van der Waals surface area contributed by atoms with E-state index >= 15 is 0 Å². The average Bonchev–Trinajstić information content (AvgIpc) is 2.69. The first kappa shape index (κ1) is 16.6. The van der Waals surface area contributed by atoms with E-state index in [9.17, 15) is 13.2 Å². The number of hydrogen-bond donors (Lipinski definition) is 1. The summed E-state index contributed by atoms with van der Waals surface area (Å²) < 4.78 is 25.1. The van der Waals surface area contributed by atoms with Crippen molar-refractivity contribution in [1.82, 2.24) is 9.62 Å². The number of hydrogen-bond acceptors (Lipinski definition) is 5. The number of ketones is 1. The summed E-state index contributed by atoms with van der Waals surface area (Å²) in [7, 11) is -3.14. The van der Waals surface area contributed by atoms with Gasteiger partial charge in [0.2, 0.25) is 10.0 Å². The Hall–Kier alpha value is -0.760. The Morgan fingerprint density at radius 3 is 2.48 bits per heavy atom. The van der Waals surface area contributed by atoms with Gasteiger partial charge in [-0.15, -0.1) is 11.3 Å². The minimum atomic E-state index is -3.14. The van der Waals surface area contributed by atoms with Crippen LogP contribution in [-0.2, 0) is 10.0 Å². The molecule has 0 amide bonds. The molecule has 0 saturated carbocycles. The van der Waals surface area contributed by atoms with Gasteiger partial charge >= 0.3 is 0 Å². The zero-order valence-corrected chi connectivity index (χ0v) is 14.3. The third-order valence-electron chi connectivity index (χ3n) is 3.68. The molecular formula is C14H22N2O3S2. The maximum absolute atomic E-state index is 12.3. The predicted molar refractivity (Wildman–Crippen MR) is 85.6 cm³/mol. The monoisotopic (exact) mass is 330 g/mol. The summed E-state index contributed by atoms with van der Waals surface area (Å²) in [5.74, 6) is 0.159. The first-order valence-corrected chi connectivity index (χ1v) is 9.75. The zero-order valence-electron chi connectivity index (χ0n) is 12.7. The Labute approximate surface area is 130 Å². The van der Waals surface area contributed by atoms with Gasteiger partial charge in [-0.3, -0.25) is 9.69 Å². The molecule has 0 spiro atoms. The summed E-state index contributed by atoms with van der Waals surface area (Å²) in [4.78, 5) is 16.7. The number of likely N-dealkylation sites (tertiary alicyclic amines) is 1. The molecule has 0 atom stereocenters. The summed E-state index contributed by atoms with van der Waals surface area (Å²) in [6.07, 6.45) is 2.69. The Kier molecular flexibility index (Phi) is 5.19. The summed E-state index contributed by atoms with van der Waals surface area (Å²) >= 11 is 1.65. The van der Waals surface area contributed by atoms with Crippen LogP contribution in [0.5, 0.6) is 0 Å². The van der Waals surface area contributed by atoms with E-state index in [0.717, 1.165) is 41.2 Å². The van der Waals surface area contributed by atoms with Crippen LogP contribution in [0.15, 0.2) is 6.07 Å². The molecule has 2 heterocycles. The number of nitrogens with one attached hydrogen (secondary N) is 1. The first-order valence-electron chi connectivity index (χ1n) is 7.04. The highest BCUT2D eigenvalue weighted by Gasteiger charge is 2.23. The van der Waals surface area contributed by atoms with E-state index in [0.29, 0.717) is 6.54 Å². The molecule has 118 valence electrons. The van der Waals surface area contributed by atoms with Crippen molar-refractivity contribution in [2.75, 3.05) is 25.9 Å². The van der Waals surface area contributed by atoms with Crippen molar-refractivity contribution in [3.05, 3.63) is 21.4 Å². The normalized spacial score (nSPS) is 18.0. The minimum Gasteiger partial charge on any atom is -0.296 e. The quantitative estimate of drug-likeness (QED) is 0.832. The minimum absolute atomic E-state index is 0.00326. The van der Waals surface area contributed by atoms with Crippen molar-refractivity contribution >= 4 is 27.1 Å². The number of nitrogens with zero attached hydrogens (tertiary/aromatic N) is 1. The molecule has 1 fully saturated rings. The van der Waals surface area contributed by atoms with Gasteiger partial charge in [0.05, 0.1) is 12.8 Å². The van der Waals surface area contributed by atoms with Gasteiger partial charge in [-0.1, -0.05) is 0 Å². The van der Waals surface area contributed by atoms with Crippen LogP contribution in [-0.4, -0.2) is 51.0 Å². The van der Waals surface area contributed by atoms with Crippen LogP contribution in [0.4, 0.5) is 0 Å².